The summed E-state index contributed by atoms with van der Waals surface area (Å²) < 4.78 is 11.1. The van der Waals surface area contributed by atoms with Gasteiger partial charge in [0.1, 0.15) is 6.29 Å². The van der Waals surface area contributed by atoms with Gasteiger partial charge in [0.25, 0.3) is 5.91 Å². The van der Waals surface area contributed by atoms with Gasteiger partial charge in [-0.3, -0.25) is 9.59 Å². The van der Waals surface area contributed by atoms with E-state index in [1.54, 1.807) is 23.1 Å². The molecular weight excluding hydrogens is 270 g/mol. The van der Waals surface area contributed by atoms with Gasteiger partial charge in [-0.1, -0.05) is 19.9 Å². The van der Waals surface area contributed by atoms with Crippen molar-refractivity contribution >= 4 is 17.9 Å². The van der Waals surface area contributed by atoms with Crippen molar-refractivity contribution in [1.29, 1.82) is 0 Å². The topological polar surface area (TPSA) is 55.8 Å². The standard InChI is InChI=1S/C16H19NO4/c1-5-6-17-12-7-11(9-18)8-13(20-4)15(12)21-14(10(2)3)16(17)19/h5,7-10,14H,1,6H2,2-4H3. The zero-order valence-electron chi connectivity index (χ0n) is 12.5. The molecule has 1 aliphatic heterocycles. The van der Waals surface area contributed by atoms with Crippen molar-refractivity contribution in [3.8, 4) is 11.5 Å². The highest BCUT2D eigenvalue weighted by atomic mass is 16.5. The number of hydrogen-bond acceptors (Lipinski definition) is 4. The Morgan fingerprint density at radius 1 is 1.48 bits per heavy atom. The largest absolute Gasteiger partial charge is 0.493 e. The summed E-state index contributed by atoms with van der Waals surface area (Å²) in [5, 5.41) is 0. The highest BCUT2D eigenvalue weighted by Crippen LogP contribution is 2.43. The van der Waals surface area contributed by atoms with Crippen LogP contribution in [0.3, 0.4) is 0 Å². The second-order valence-electron chi connectivity index (χ2n) is 5.21. The van der Waals surface area contributed by atoms with Gasteiger partial charge in [0.15, 0.2) is 17.6 Å². The number of benzene rings is 1. The molecule has 5 heteroatoms. The van der Waals surface area contributed by atoms with E-state index in [4.69, 9.17) is 9.47 Å². The zero-order chi connectivity index (χ0) is 15.6. The van der Waals surface area contributed by atoms with Crippen LogP contribution in [0.1, 0.15) is 24.2 Å². The van der Waals surface area contributed by atoms with Gasteiger partial charge in [0, 0.05) is 12.1 Å². The van der Waals surface area contributed by atoms with E-state index in [9.17, 15) is 9.59 Å². The fourth-order valence-corrected chi connectivity index (χ4v) is 2.34. The van der Waals surface area contributed by atoms with E-state index >= 15 is 0 Å². The molecule has 1 amide bonds. The van der Waals surface area contributed by atoms with Gasteiger partial charge in [-0.05, 0) is 18.1 Å². The van der Waals surface area contributed by atoms with Crippen LogP contribution in [0.25, 0.3) is 0 Å². The molecule has 112 valence electrons. The van der Waals surface area contributed by atoms with E-state index in [-0.39, 0.29) is 11.8 Å². The molecule has 1 unspecified atom stereocenters. The molecule has 0 fully saturated rings. The smallest absolute Gasteiger partial charge is 0.268 e. The molecule has 5 nitrogen and oxygen atoms in total. The van der Waals surface area contributed by atoms with Crippen LogP contribution in [0.15, 0.2) is 24.8 Å². The summed E-state index contributed by atoms with van der Waals surface area (Å²) >= 11 is 0. The Bertz CT molecular complexity index is 580. The maximum atomic E-state index is 12.5. The Hall–Kier alpha value is -2.30. The molecule has 21 heavy (non-hydrogen) atoms. The first-order valence-corrected chi connectivity index (χ1v) is 6.79. The Balaban J connectivity index is 2.62. The molecule has 1 aromatic carbocycles. The van der Waals surface area contributed by atoms with Crippen LogP contribution in [-0.4, -0.2) is 32.0 Å². The molecule has 0 bridgehead atoms. The van der Waals surface area contributed by atoms with Crippen molar-refractivity contribution in [3.63, 3.8) is 0 Å². The van der Waals surface area contributed by atoms with Crippen LogP contribution in [-0.2, 0) is 4.79 Å². The van der Waals surface area contributed by atoms with Crippen LogP contribution in [0, 0.1) is 5.92 Å². The second-order valence-corrected chi connectivity index (χ2v) is 5.21. The number of methoxy groups -OCH3 is 1. The van der Waals surface area contributed by atoms with E-state index in [1.165, 1.54) is 7.11 Å². The van der Waals surface area contributed by atoms with Crippen LogP contribution in [0.5, 0.6) is 11.5 Å². The molecule has 1 atom stereocenters. The van der Waals surface area contributed by atoms with Gasteiger partial charge in [0.05, 0.1) is 12.8 Å². The molecule has 0 aliphatic carbocycles. The number of ether oxygens (including phenoxy) is 2. The molecule has 0 saturated heterocycles. The number of amides is 1. The van der Waals surface area contributed by atoms with Crippen molar-refractivity contribution in [2.45, 2.75) is 20.0 Å². The van der Waals surface area contributed by atoms with Crippen molar-refractivity contribution in [1.82, 2.24) is 0 Å². The number of nitrogens with zero attached hydrogens (tertiary/aromatic N) is 1. The summed E-state index contributed by atoms with van der Waals surface area (Å²) in [6.45, 7) is 7.88. The van der Waals surface area contributed by atoms with E-state index in [1.807, 2.05) is 13.8 Å². The van der Waals surface area contributed by atoms with Crippen molar-refractivity contribution in [2.75, 3.05) is 18.6 Å². The van der Waals surface area contributed by atoms with Crippen molar-refractivity contribution in [2.24, 2.45) is 5.92 Å². The predicted molar refractivity (Wildman–Crippen MR) is 80.2 cm³/mol. The highest BCUT2D eigenvalue weighted by molar-refractivity contribution is 6.02. The number of carbonyl (C=O) groups excluding carboxylic acids is 2. The summed E-state index contributed by atoms with van der Waals surface area (Å²) in [6, 6.07) is 3.23. The summed E-state index contributed by atoms with van der Waals surface area (Å²) in [5.74, 6) is 0.820. The number of aldehydes is 1. The third-order valence-corrected chi connectivity index (χ3v) is 3.38. The maximum absolute atomic E-state index is 12.5. The number of carbonyl (C=O) groups is 2. The molecular formula is C16H19NO4. The van der Waals surface area contributed by atoms with Crippen molar-refractivity contribution < 1.29 is 19.1 Å². The average molecular weight is 289 g/mol. The molecule has 1 heterocycles. The monoisotopic (exact) mass is 289 g/mol. The van der Waals surface area contributed by atoms with E-state index < -0.39 is 6.10 Å². The lowest BCUT2D eigenvalue weighted by Gasteiger charge is -2.36. The Kier molecular flexibility index (Phi) is 4.31. The summed E-state index contributed by atoms with van der Waals surface area (Å²) in [7, 11) is 1.51. The van der Waals surface area contributed by atoms with Crippen LogP contribution < -0.4 is 14.4 Å². The number of anilines is 1. The molecule has 0 spiro atoms. The lowest BCUT2D eigenvalue weighted by Crippen LogP contribution is -2.48. The molecule has 0 N–H and O–H groups in total. The molecule has 1 aliphatic rings. The van der Waals surface area contributed by atoms with Gasteiger partial charge in [-0.15, -0.1) is 6.58 Å². The van der Waals surface area contributed by atoms with E-state index in [2.05, 4.69) is 6.58 Å². The Morgan fingerprint density at radius 3 is 2.71 bits per heavy atom. The predicted octanol–water partition coefficient (Wildman–Crippen LogP) is 2.44. The Morgan fingerprint density at radius 2 is 2.19 bits per heavy atom. The van der Waals surface area contributed by atoms with Gasteiger partial charge in [-0.2, -0.15) is 0 Å². The second kappa shape index (κ2) is 5.99. The first kappa shape index (κ1) is 15.1. The minimum atomic E-state index is -0.576. The molecule has 0 radical (unpaired) electrons. The van der Waals surface area contributed by atoms with Crippen LogP contribution in [0.2, 0.25) is 0 Å². The quantitative estimate of drug-likeness (QED) is 0.617. The van der Waals surface area contributed by atoms with Crippen molar-refractivity contribution in [3.05, 3.63) is 30.4 Å². The number of fused-ring (bicyclic) bond motifs is 1. The number of rotatable bonds is 5. The Labute approximate surface area is 124 Å². The van der Waals surface area contributed by atoms with Gasteiger partial charge < -0.3 is 14.4 Å². The average Bonchev–Trinajstić information content (AvgIpc) is 2.48. The highest BCUT2D eigenvalue weighted by Gasteiger charge is 2.37. The number of hydrogen-bond donors (Lipinski definition) is 0. The first-order valence-electron chi connectivity index (χ1n) is 6.79. The molecule has 1 aromatic rings. The lowest BCUT2D eigenvalue weighted by atomic mass is 10.0. The minimum Gasteiger partial charge on any atom is -0.493 e. The molecule has 0 saturated carbocycles. The van der Waals surface area contributed by atoms with Crippen LogP contribution >= 0.6 is 0 Å². The van der Waals surface area contributed by atoms with Gasteiger partial charge >= 0.3 is 0 Å². The maximum Gasteiger partial charge on any atom is 0.268 e. The normalized spacial score (nSPS) is 17.2. The molecule has 0 aromatic heterocycles. The van der Waals surface area contributed by atoms with E-state index in [0.29, 0.717) is 35.6 Å². The molecule has 2 rings (SSSR count). The fourth-order valence-electron chi connectivity index (χ4n) is 2.34. The fraction of sp³-hybridized carbons (Fsp3) is 0.375. The lowest BCUT2D eigenvalue weighted by molar-refractivity contribution is -0.128. The third kappa shape index (κ3) is 2.63. The first-order chi connectivity index (χ1) is 10.0. The zero-order valence-corrected chi connectivity index (χ0v) is 12.5. The van der Waals surface area contributed by atoms with Gasteiger partial charge in [-0.25, -0.2) is 0 Å². The summed E-state index contributed by atoms with van der Waals surface area (Å²) in [5.41, 5.74) is 0.970. The van der Waals surface area contributed by atoms with Gasteiger partial charge in [0.2, 0.25) is 0 Å². The summed E-state index contributed by atoms with van der Waals surface area (Å²) in [6.07, 6.45) is 1.78. The SMILES string of the molecule is C=CCN1C(=O)C(C(C)C)Oc2c(OC)cc(C=O)cc21. The third-order valence-electron chi connectivity index (χ3n) is 3.38. The summed E-state index contributed by atoms with van der Waals surface area (Å²) in [4.78, 5) is 25.2. The van der Waals surface area contributed by atoms with E-state index in [0.717, 1.165) is 0 Å². The van der Waals surface area contributed by atoms with Crippen LogP contribution in [0.4, 0.5) is 5.69 Å². The minimum absolute atomic E-state index is 0.0217.